The summed E-state index contributed by atoms with van der Waals surface area (Å²) in [5, 5.41) is 4.35. The van der Waals surface area contributed by atoms with Crippen molar-refractivity contribution < 1.29 is 0 Å². The fourth-order valence-corrected chi connectivity index (χ4v) is 2.54. The molecule has 0 radical (unpaired) electrons. The van der Waals surface area contributed by atoms with Crippen molar-refractivity contribution in [3.63, 3.8) is 0 Å². The molecule has 0 saturated carbocycles. The Balaban J connectivity index is 1.81. The van der Waals surface area contributed by atoms with E-state index in [0.29, 0.717) is 0 Å². The summed E-state index contributed by atoms with van der Waals surface area (Å²) < 4.78 is 1.90. The Morgan fingerprint density at radius 3 is 2.79 bits per heavy atom. The first kappa shape index (κ1) is 14.1. The van der Waals surface area contributed by atoms with Crippen molar-refractivity contribution >= 4 is 5.52 Å². The second-order valence-electron chi connectivity index (χ2n) is 5.29. The predicted octanol–water partition coefficient (Wildman–Crippen LogP) is 4.08. The van der Waals surface area contributed by atoms with Gasteiger partial charge in [-0.3, -0.25) is 0 Å². The first-order valence-corrected chi connectivity index (χ1v) is 7.50. The highest BCUT2D eigenvalue weighted by atomic mass is 15.2. The standard InChI is InChI=1S/C16H25N3/c1-2-3-4-5-6-7-10-15(17)14-13-18-19-12-9-8-11-16(14)19/h8-9,11-13,15H,2-7,10,17H2,1H3. The molecular formula is C16H25N3. The van der Waals surface area contributed by atoms with E-state index in [-0.39, 0.29) is 6.04 Å². The number of fused-ring (bicyclic) bond motifs is 1. The van der Waals surface area contributed by atoms with E-state index >= 15 is 0 Å². The Morgan fingerprint density at radius 2 is 1.95 bits per heavy atom. The Bertz CT molecular complexity index is 489. The molecule has 3 heteroatoms. The van der Waals surface area contributed by atoms with Crippen molar-refractivity contribution in [3.05, 3.63) is 36.2 Å². The van der Waals surface area contributed by atoms with Gasteiger partial charge in [-0.15, -0.1) is 0 Å². The van der Waals surface area contributed by atoms with Crippen LogP contribution in [-0.4, -0.2) is 9.61 Å². The fraction of sp³-hybridized carbons (Fsp3) is 0.562. The summed E-state index contributed by atoms with van der Waals surface area (Å²) in [6.45, 7) is 2.25. The Hall–Kier alpha value is -1.35. The van der Waals surface area contributed by atoms with Crippen LogP contribution in [0.25, 0.3) is 5.52 Å². The van der Waals surface area contributed by atoms with Crippen LogP contribution in [0, 0.1) is 0 Å². The summed E-state index contributed by atoms with van der Waals surface area (Å²) in [6.07, 6.45) is 12.8. The fourth-order valence-electron chi connectivity index (χ4n) is 2.54. The van der Waals surface area contributed by atoms with Gasteiger partial charge in [0.2, 0.25) is 0 Å². The Kier molecular flexibility index (Phi) is 5.40. The monoisotopic (exact) mass is 259 g/mol. The largest absolute Gasteiger partial charge is 0.324 e. The average Bonchev–Trinajstić information content (AvgIpc) is 2.86. The minimum absolute atomic E-state index is 0.117. The lowest BCUT2D eigenvalue weighted by atomic mass is 10.0. The Labute approximate surface area is 115 Å². The number of aromatic nitrogens is 2. The molecule has 0 aliphatic heterocycles. The number of nitrogens with two attached hydrogens (primary N) is 1. The molecule has 1 unspecified atom stereocenters. The molecule has 0 aromatic carbocycles. The minimum Gasteiger partial charge on any atom is -0.324 e. The first-order valence-electron chi connectivity index (χ1n) is 7.50. The zero-order chi connectivity index (χ0) is 13.5. The predicted molar refractivity (Wildman–Crippen MR) is 80.1 cm³/mol. The molecule has 3 nitrogen and oxygen atoms in total. The van der Waals surface area contributed by atoms with Gasteiger partial charge in [-0.1, -0.05) is 51.5 Å². The van der Waals surface area contributed by atoms with Crippen LogP contribution < -0.4 is 5.73 Å². The van der Waals surface area contributed by atoms with E-state index in [1.807, 2.05) is 29.0 Å². The molecule has 0 bridgehead atoms. The summed E-state index contributed by atoms with van der Waals surface area (Å²) in [4.78, 5) is 0. The van der Waals surface area contributed by atoms with E-state index in [0.717, 1.165) is 11.9 Å². The Morgan fingerprint density at radius 1 is 1.16 bits per heavy atom. The van der Waals surface area contributed by atoms with Crippen LogP contribution in [0.1, 0.15) is 63.5 Å². The SMILES string of the molecule is CCCCCCCCC(N)c1cnn2ccccc12. The average molecular weight is 259 g/mol. The van der Waals surface area contributed by atoms with Gasteiger partial charge < -0.3 is 5.73 Å². The van der Waals surface area contributed by atoms with Crippen molar-refractivity contribution in [1.29, 1.82) is 0 Å². The van der Waals surface area contributed by atoms with Crippen LogP contribution in [0.3, 0.4) is 0 Å². The third kappa shape index (κ3) is 3.80. The summed E-state index contributed by atoms with van der Waals surface area (Å²) >= 11 is 0. The summed E-state index contributed by atoms with van der Waals surface area (Å²) in [5.41, 5.74) is 8.61. The summed E-state index contributed by atoms with van der Waals surface area (Å²) in [6, 6.07) is 6.23. The number of hydrogen-bond donors (Lipinski definition) is 1. The third-order valence-corrected chi connectivity index (χ3v) is 3.72. The van der Waals surface area contributed by atoms with E-state index in [9.17, 15) is 0 Å². The van der Waals surface area contributed by atoms with Crippen LogP contribution in [0.4, 0.5) is 0 Å². The number of rotatable bonds is 8. The minimum atomic E-state index is 0.117. The highest BCUT2D eigenvalue weighted by Gasteiger charge is 2.11. The first-order chi connectivity index (χ1) is 9.33. The van der Waals surface area contributed by atoms with Crippen molar-refractivity contribution in [2.45, 2.75) is 57.9 Å². The van der Waals surface area contributed by atoms with Crippen LogP contribution >= 0.6 is 0 Å². The number of nitrogens with zero attached hydrogens (tertiary/aromatic N) is 2. The molecule has 104 valence electrons. The van der Waals surface area contributed by atoms with Crippen molar-refractivity contribution in [3.8, 4) is 0 Å². The molecular weight excluding hydrogens is 234 g/mol. The molecule has 2 N–H and O–H groups in total. The lowest BCUT2D eigenvalue weighted by Crippen LogP contribution is -2.09. The molecule has 0 spiro atoms. The summed E-state index contributed by atoms with van der Waals surface area (Å²) in [7, 11) is 0. The molecule has 2 aromatic rings. The van der Waals surface area contributed by atoms with Crippen LogP contribution in [0.5, 0.6) is 0 Å². The third-order valence-electron chi connectivity index (χ3n) is 3.72. The van der Waals surface area contributed by atoms with Gasteiger partial charge in [0, 0.05) is 17.8 Å². The molecule has 0 saturated heterocycles. The van der Waals surface area contributed by atoms with Crippen molar-refractivity contribution in [2.75, 3.05) is 0 Å². The normalized spacial score (nSPS) is 12.9. The highest BCUT2D eigenvalue weighted by Crippen LogP contribution is 2.22. The molecule has 0 fully saturated rings. The maximum Gasteiger partial charge on any atom is 0.0709 e. The molecule has 1 atom stereocenters. The highest BCUT2D eigenvalue weighted by molar-refractivity contribution is 5.54. The smallest absolute Gasteiger partial charge is 0.0709 e. The summed E-state index contributed by atoms with van der Waals surface area (Å²) in [5.74, 6) is 0. The van der Waals surface area contributed by atoms with Gasteiger partial charge in [-0.2, -0.15) is 5.10 Å². The van der Waals surface area contributed by atoms with Crippen molar-refractivity contribution in [2.24, 2.45) is 5.73 Å². The molecule has 0 amide bonds. The maximum absolute atomic E-state index is 6.29. The van der Waals surface area contributed by atoms with Gasteiger partial charge in [0.25, 0.3) is 0 Å². The zero-order valence-corrected chi connectivity index (χ0v) is 11.9. The van der Waals surface area contributed by atoms with Gasteiger partial charge in [0.1, 0.15) is 0 Å². The van der Waals surface area contributed by atoms with Crippen molar-refractivity contribution in [1.82, 2.24) is 9.61 Å². The van der Waals surface area contributed by atoms with Crippen LogP contribution in [-0.2, 0) is 0 Å². The van der Waals surface area contributed by atoms with Gasteiger partial charge in [-0.05, 0) is 18.6 Å². The number of hydrogen-bond acceptors (Lipinski definition) is 2. The molecule has 2 heterocycles. The molecule has 0 aliphatic carbocycles. The lowest BCUT2D eigenvalue weighted by molar-refractivity contribution is 0.548. The zero-order valence-electron chi connectivity index (χ0n) is 11.9. The van der Waals surface area contributed by atoms with Crippen LogP contribution in [0.2, 0.25) is 0 Å². The van der Waals surface area contributed by atoms with E-state index in [4.69, 9.17) is 5.73 Å². The lowest BCUT2D eigenvalue weighted by Gasteiger charge is -2.10. The number of unbranched alkanes of at least 4 members (excludes halogenated alkanes) is 5. The van der Waals surface area contributed by atoms with Crippen LogP contribution in [0.15, 0.2) is 30.6 Å². The van der Waals surface area contributed by atoms with E-state index < -0.39 is 0 Å². The van der Waals surface area contributed by atoms with Gasteiger partial charge in [0.05, 0.1) is 11.7 Å². The van der Waals surface area contributed by atoms with E-state index in [2.05, 4.69) is 18.1 Å². The number of pyridine rings is 1. The molecule has 2 aromatic heterocycles. The maximum atomic E-state index is 6.29. The molecule has 2 rings (SSSR count). The van der Waals surface area contributed by atoms with Gasteiger partial charge >= 0.3 is 0 Å². The van der Waals surface area contributed by atoms with Gasteiger partial charge in [-0.25, -0.2) is 4.52 Å². The molecule has 19 heavy (non-hydrogen) atoms. The molecule has 0 aliphatic rings. The topological polar surface area (TPSA) is 43.3 Å². The van der Waals surface area contributed by atoms with E-state index in [1.54, 1.807) is 0 Å². The second-order valence-corrected chi connectivity index (χ2v) is 5.29. The van der Waals surface area contributed by atoms with Gasteiger partial charge in [0.15, 0.2) is 0 Å². The second kappa shape index (κ2) is 7.29. The van der Waals surface area contributed by atoms with E-state index in [1.165, 1.54) is 44.1 Å². The quantitative estimate of drug-likeness (QED) is 0.726.